The highest BCUT2D eigenvalue weighted by molar-refractivity contribution is 5.77. The maximum Gasteiger partial charge on any atom is 0.220 e. The Morgan fingerprint density at radius 1 is 1.30 bits per heavy atom. The second-order valence-corrected chi connectivity index (χ2v) is 6.80. The highest BCUT2D eigenvalue weighted by Crippen LogP contribution is 2.36. The molecule has 0 radical (unpaired) electrons. The number of benzene rings is 1. The predicted molar refractivity (Wildman–Crippen MR) is 91.4 cm³/mol. The summed E-state index contributed by atoms with van der Waals surface area (Å²) in [6.07, 6.45) is 2.62. The Morgan fingerprint density at radius 2 is 2.00 bits per heavy atom. The lowest BCUT2D eigenvalue weighted by Crippen LogP contribution is -2.43. The van der Waals surface area contributed by atoms with Crippen molar-refractivity contribution in [3.63, 3.8) is 0 Å². The zero-order valence-corrected chi connectivity index (χ0v) is 14.1. The van der Waals surface area contributed by atoms with Crippen molar-refractivity contribution in [2.45, 2.75) is 57.9 Å². The third-order valence-electron chi connectivity index (χ3n) is 4.94. The SMILES string of the molecule is Cc1n[nH]c(C)c1C(C)CC(=O)NC1CC(c2ccccc2)C1. The van der Waals surface area contributed by atoms with Crippen LogP contribution in [-0.2, 0) is 4.79 Å². The summed E-state index contributed by atoms with van der Waals surface area (Å²) in [6, 6.07) is 10.9. The van der Waals surface area contributed by atoms with E-state index < -0.39 is 0 Å². The van der Waals surface area contributed by atoms with Crippen LogP contribution in [0.15, 0.2) is 30.3 Å². The average molecular weight is 311 g/mol. The van der Waals surface area contributed by atoms with Crippen LogP contribution in [0, 0.1) is 13.8 Å². The first-order valence-corrected chi connectivity index (χ1v) is 8.40. The fourth-order valence-electron chi connectivity index (χ4n) is 3.69. The van der Waals surface area contributed by atoms with Gasteiger partial charge in [0.15, 0.2) is 0 Å². The lowest BCUT2D eigenvalue weighted by molar-refractivity contribution is -0.122. The molecule has 4 nitrogen and oxygen atoms in total. The summed E-state index contributed by atoms with van der Waals surface area (Å²) in [5, 5.41) is 10.4. The number of aryl methyl sites for hydroxylation is 2. The van der Waals surface area contributed by atoms with E-state index in [2.05, 4.69) is 46.7 Å². The van der Waals surface area contributed by atoms with Crippen molar-refractivity contribution in [1.82, 2.24) is 15.5 Å². The zero-order valence-electron chi connectivity index (χ0n) is 14.1. The van der Waals surface area contributed by atoms with Crippen molar-refractivity contribution in [2.75, 3.05) is 0 Å². The van der Waals surface area contributed by atoms with Crippen LogP contribution in [0.2, 0.25) is 0 Å². The molecule has 1 unspecified atom stereocenters. The fraction of sp³-hybridized carbons (Fsp3) is 0.474. The molecule has 3 rings (SSSR count). The number of carbonyl (C=O) groups excluding carboxylic acids is 1. The van der Waals surface area contributed by atoms with Crippen LogP contribution >= 0.6 is 0 Å². The number of hydrogen-bond donors (Lipinski definition) is 2. The van der Waals surface area contributed by atoms with Crippen LogP contribution in [-0.4, -0.2) is 22.1 Å². The Bertz CT molecular complexity index is 652. The van der Waals surface area contributed by atoms with Crippen LogP contribution in [0.1, 0.15) is 60.5 Å². The molecule has 1 amide bonds. The minimum atomic E-state index is 0.147. The maximum absolute atomic E-state index is 12.3. The third-order valence-corrected chi connectivity index (χ3v) is 4.94. The topological polar surface area (TPSA) is 57.8 Å². The van der Waals surface area contributed by atoms with Gasteiger partial charge >= 0.3 is 0 Å². The van der Waals surface area contributed by atoms with Gasteiger partial charge in [0.05, 0.1) is 5.69 Å². The molecule has 0 bridgehead atoms. The van der Waals surface area contributed by atoms with Crippen molar-refractivity contribution < 1.29 is 4.79 Å². The van der Waals surface area contributed by atoms with Crippen molar-refractivity contribution in [3.8, 4) is 0 Å². The molecule has 2 aromatic rings. The van der Waals surface area contributed by atoms with Crippen molar-refractivity contribution in [1.29, 1.82) is 0 Å². The predicted octanol–water partition coefficient (Wildman–Crippen LogP) is 3.58. The largest absolute Gasteiger partial charge is 0.353 e. The highest BCUT2D eigenvalue weighted by Gasteiger charge is 2.31. The molecule has 1 atom stereocenters. The standard InChI is InChI=1S/C19H25N3O/c1-12(19-13(2)21-22-14(19)3)9-18(23)20-17-10-16(11-17)15-7-5-4-6-8-15/h4-8,12,16-17H,9-11H2,1-3H3,(H,20,23)(H,21,22). The number of nitrogens with zero attached hydrogens (tertiary/aromatic N) is 1. The molecule has 1 fully saturated rings. The number of hydrogen-bond acceptors (Lipinski definition) is 2. The van der Waals surface area contributed by atoms with Gasteiger partial charge in [0.25, 0.3) is 0 Å². The molecule has 1 heterocycles. The number of amides is 1. The molecular formula is C19H25N3O. The second kappa shape index (κ2) is 6.57. The number of nitrogens with one attached hydrogen (secondary N) is 2. The molecule has 23 heavy (non-hydrogen) atoms. The van der Waals surface area contributed by atoms with Crippen LogP contribution < -0.4 is 5.32 Å². The number of carbonyl (C=O) groups is 1. The molecule has 0 saturated heterocycles. The van der Waals surface area contributed by atoms with Crippen molar-refractivity contribution in [2.24, 2.45) is 0 Å². The molecule has 1 aliphatic carbocycles. The van der Waals surface area contributed by atoms with Gasteiger partial charge in [0, 0.05) is 18.2 Å². The molecule has 4 heteroatoms. The normalized spacial score (nSPS) is 21.5. The molecule has 1 aliphatic rings. The molecule has 2 N–H and O–H groups in total. The van der Waals surface area contributed by atoms with E-state index in [1.807, 2.05) is 19.9 Å². The molecule has 1 aromatic heterocycles. The quantitative estimate of drug-likeness (QED) is 0.886. The van der Waals surface area contributed by atoms with Gasteiger partial charge in [-0.25, -0.2) is 0 Å². The Labute approximate surface area is 137 Å². The van der Waals surface area contributed by atoms with E-state index in [-0.39, 0.29) is 11.8 Å². The van der Waals surface area contributed by atoms with Gasteiger partial charge in [0.2, 0.25) is 5.91 Å². The first kappa shape index (κ1) is 15.8. The Kier molecular flexibility index (Phi) is 4.51. The summed E-state index contributed by atoms with van der Waals surface area (Å²) in [6.45, 7) is 6.10. The molecule has 122 valence electrons. The first-order valence-electron chi connectivity index (χ1n) is 8.40. The number of aromatic amines is 1. The maximum atomic E-state index is 12.3. The van der Waals surface area contributed by atoms with Gasteiger partial charge in [-0.3, -0.25) is 9.89 Å². The van der Waals surface area contributed by atoms with Gasteiger partial charge in [-0.2, -0.15) is 5.10 Å². The van der Waals surface area contributed by atoms with Gasteiger partial charge in [0.1, 0.15) is 0 Å². The van der Waals surface area contributed by atoms with E-state index in [1.165, 1.54) is 11.1 Å². The van der Waals surface area contributed by atoms with Crippen molar-refractivity contribution in [3.05, 3.63) is 52.8 Å². The van der Waals surface area contributed by atoms with Crippen LogP contribution in [0.4, 0.5) is 0 Å². The fourth-order valence-corrected chi connectivity index (χ4v) is 3.69. The smallest absolute Gasteiger partial charge is 0.220 e. The van der Waals surface area contributed by atoms with E-state index in [0.29, 0.717) is 18.4 Å². The van der Waals surface area contributed by atoms with E-state index in [0.717, 1.165) is 24.2 Å². The molecule has 1 aromatic carbocycles. The minimum Gasteiger partial charge on any atom is -0.353 e. The van der Waals surface area contributed by atoms with E-state index >= 15 is 0 Å². The Morgan fingerprint density at radius 3 is 2.61 bits per heavy atom. The summed E-state index contributed by atoms with van der Waals surface area (Å²) < 4.78 is 0. The van der Waals surface area contributed by atoms with E-state index in [4.69, 9.17) is 0 Å². The minimum absolute atomic E-state index is 0.147. The monoisotopic (exact) mass is 311 g/mol. The van der Waals surface area contributed by atoms with Crippen LogP contribution in [0.5, 0.6) is 0 Å². The number of rotatable bonds is 5. The number of aromatic nitrogens is 2. The lowest BCUT2D eigenvalue weighted by Gasteiger charge is -2.36. The van der Waals surface area contributed by atoms with Gasteiger partial charge in [-0.05, 0) is 49.7 Å². The summed E-state index contributed by atoms with van der Waals surface area (Å²) in [4.78, 5) is 12.3. The van der Waals surface area contributed by atoms with Gasteiger partial charge < -0.3 is 5.32 Å². The first-order chi connectivity index (χ1) is 11.0. The number of H-pyrrole nitrogens is 1. The summed E-state index contributed by atoms with van der Waals surface area (Å²) in [5.41, 5.74) is 4.62. The van der Waals surface area contributed by atoms with Crippen LogP contribution in [0.3, 0.4) is 0 Å². The van der Waals surface area contributed by atoms with Gasteiger partial charge in [-0.15, -0.1) is 0 Å². The zero-order chi connectivity index (χ0) is 16.4. The molecule has 0 aliphatic heterocycles. The summed E-state index contributed by atoms with van der Waals surface area (Å²) in [7, 11) is 0. The van der Waals surface area contributed by atoms with Crippen LogP contribution in [0.25, 0.3) is 0 Å². The molecular weight excluding hydrogens is 286 g/mol. The van der Waals surface area contributed by atoms with Gasteiger partial charge in [-0.1, -0.05) is 37.3 Å². The Hall–Kier alpha value is -2.10. The third kappa shape index (κ3) is 3.46. The highest BCUT2D eigenvalue weighted by atomic mass is 16.1. The summed E-state index contributed by atoms with van der Waals surface area (Å²) in [5.74, 6) is 0.935. The van der Waals surface area contributed by atoms with E-state index in [9.17, 15) is 4.79 Å². The average Bonchev–Trinajstić information content (AvgIpc) is 2.82. The molecule has 1 saturated carbocycles. The Balaban J connectivity index is 1.48. The lowest BCUT2D eigenvalue weighted by atomic mass is 9.76. The summed E-state index contributed by atoms with van der Waals surface area (Å²) >= 11 is 0. The van der Waals surface area contributed by atoms with E-state index in [1.54, 1.807) is 0 Å². The second-order valence-electron chi connectivity index (χ2n) is 6.80. The van der Waals surface area contributed by atoms with Crippen molar-refractivity contribution >= 4 is 5.91 Å². The molecule has 0 spiro atoms.